The number of nitrogens with two attached hydrogens (primary N) is 1. The molecule has 0 radical (unpaired) electrons. The Morgan fingerprint density at radius 3 is 2.70 bits per heavy atom. The summed E-state index contributed by atoms with van der Waals surface area (Å²) >= 11 is 0. The predicted molar refractivity (Wildman–Crippen MR) is 106 cm³/mol. The van der Waals surface area contributed by atoms with Crippen molar-refractivity contribution in [1.82, 2.24) is 0 Å². The van der Waals surface area contributed by atoms with E-state index in [-0.39, 0.29) is 12.0 Å². The van der Waals surface area contributed by atoms with Crippen LogP contribution >= 0.6 is 0 Å². The molecule has 0 unspecified atom stereocenters. The van der Waals surface area contributed by atoms with Crippen molar-refractivity contribution in [3.8, 4) is 0 Å². The summed E-state index contributed by atoms with van der Waals surface area (Å²) in [6.45, 7) is 8.04. The van der Waals surface area contributed by atoms with Crippen LogP contribution in [0.2, 0.25) is 0 Å². The fourth-order valence-electron chi connectivity index (χ4n) is 8.00. The number of hydrogen-bond donors (Lipinski definition) is 2. The summed E-state index contributed by atoms with van der Waals surface area (Å²) in [5.74, 6) is 3.17. The van der Waals surface area contributed by atoms with Crippen LogP contribution in [0.25, 0.3) is 0 Å². The lowest BCUT2D eigenvalue weighted by Crippen LogP contribution is -2.59. The van der Waals surface area contributed by atoms with E-state index in [1.807, 2.05) is 0 Å². The summed E-state index contributed by atoms with van der Waals surface area (Å²) in [6, 6.07) is 0.403. The Morgan fingerprint density at radius 2 is 1.96 bits per heavy atom. The third kappa shape index (κ3) is 3.15. The van der Waals surface area contributed by atoms with Crippen LogP contribution in [0.15, 0.2) is 0 Å². The van der Waals surface area contributed by atoms with E-state index in [9.17, 15) is 4.79 Å². The number of hydrogen-bond acceptors (Lipinski definition) is 3. The van der Waals surface area contributed by atoms with E-state index in [1.54, 1.807) is 0 Å². The van der Waals surface area contributed by atoms with E-state index >= 15 is 0 Å². The zero-order valence-corrected chi connectivity index (χ0v) is 17.5. The number of carbonyl (C=O) groups is 1. The van der Waals surface area contributed by atoms with Crippen LogP contribution in [0.3, 0.4) is 0 Å². The van der Waals surface area contributed by atoms with Gasteiger partial charge in [0, 0.05) is 12.5 Å². The standard InChI is InChI=1S/C23H39NO3/c1-14(4-9-21(25)26)18-7-8-19-17-6-5-15-12-16(24)10-11-22(15,2)20(17)13-27-23(18,19)3/h14-20H,4-13,24H2,1-3H3,(H,25,26)/t14-,15-,16+,17+,18-,19+,20+,22+,23-/m1/s1. The molecule has 4 rings (SSSR count). The van der Waals surface area contributed by atoms with Gasteiger partial charge in [-0.1, -0.05) is 13.8 Å². The molecule has 4 fully saturated rings. The Hall–Kier alpha value is -0.610. The van der Waals surface area contributed by atoms with Gasteiger partial charge < -0.3 is 15.6 Å². The fourth-order valence-corrected chi connectivity index (χ4v) is 8.00. The SMILES string of the molecule is C[C@H](CCC(=O)O)[C@H]1CC[C@H]2[C@@H]3CC[C@@H]4C[C@@H](N)CC[C@]4(C)[C@H]3CO[C@]12C. The van der Waals surface area contributed by atoms with Crippen molar-refractivity contribution in [2.24, 2.45) is 46.7 Å². The van der Waals surface area contributed by atoms with Crippen molar-refractivity contribution in [3.05, 3.63) is 0 Å². The normalized spacial score (nSPS) is 50.4. The molecule has 4 heteroatoms. The first-order valence-corrected chi connectivity index (χ1v) is 11.4. The van der Waals surface area contributed by atoms with Gasteiger partial charge in [-0.25, -0.2) is 0 Å². The minimum Gasteiger partial charge on any atom is -0.481 e. The minimum absolute atomic E-state index is 0.0483. The van der Waals surface area contributed by atoms with Gasteiger partial charge in [-0.3, -0.25) is 4.79 Å². The average Bonchev–Trinajstić information content (AvgIpc) is 2.97. The maximum atomic E-state index is 11.0. The van der Waals surface area contributed by atoms with E-state index in [2.05, 4.69) is 20.8 Å². The second kappa shape index (κ2) is 7.02. The van der Waals surface area contributed by atoms with Gasteiger partial charge in [-0.2, -0.15) is 0 Å². The molecule has 0 amide bonds. The molecule has 0 aromatic heterocycles. The lowest BCUT2D eigenvalue weighted by molar-refractivity contribution is -0.217. The molecule has 27 heavy (non-hydrogen) atoms. The van der Waals surface area contributed by atoms with Crippen molar-refractivity contribution < 1.29 is 14.6 Å². The van der Waals surface area contributed by atoms with Crippen molar-refractivity contribution in [1.29, 1.82) is 0 Å². The molecule has 4 nitrogen and oxygen atoms in total. The van der Waals surface area contributed by atoms with Crippen LogP contribution in [-0.4, -0.2) is 29.3 Å². The lowest BCUT2D eigenvalue weighted by Gasteiger charge is -2.61. The average molecular weight is 378 g/mol. The third-order valence-corrected chi connectivity index (χ3v) is 9.64. The number of carboxylic acids is 1. The van der Waals surface area contributed by atoms with E-state index < -0.39 is 5.97 Å². The molecule has 0 bridgehead atoms. The Labute approximate surface area is 164 Å². The maximum Gasteiger partial charge on any atom is 0.303 e. The zero-order chi connectivity index (χ0) is 19.4. The van der Waals surface area contributed by atoms with Crippen LogP contribution in [0.5, 0.6) is 0 Å². The lowest BCUT2D eigenvalue weighted by atomic mass is 9.48. The first-order chi connectivity index (χ1) is 12.8. The van der Waals surface area contributed by atoms with E-state index in [1.165, 1.54) is 44.9 Å². The van der Waals surface area contributed by atoms with Crippen molar-refractivity contribution in [2.45, 2.75) is 90.2 Å². The molecule has 3 saturated carbocycles. The Morgan fingerprint density at radius 1 is 1.19 bits per heavy atom. The molecular formula is C23H39NO3. The first-order valence-electron chi connectivity index (χ1n) is 11.4. The highest BCUT2D eigenvalue weighted by Crippen LogP contribution is 2.63. The fraction of sp³-hybridized carbons (Fsp3) is 0.957. The molecule has 3 N–H and O–H groups in total. The van der Waals surface area contributed by atoms with Crippen molar-refractivity contribution in [3.63, 3.8) is 0 Å². The number of rotatable bonds is 4. The smallest absolute Gasteiger partial charge is 0.303 e. The van der Waals surface area contributed by atoms with Crippen LogP contribution < -0.4 is 5.73 Å². The van der Waals surface area contributed by atoms with Gasteiger partial charge in [0.15, 0.2) is 0 Å². The van der Waals surface area contributed by atoms with Gasteiger partial charge in [0.2, 0.25) is 0 Å². The Kier molecular flexibility index (Phi) is 5.12. The number of aliphatic carboxylic acids is 1. The number of fused-ring (bicyclic) bond motifs is 5. The van der Waals surface area contributed by atoms with Crippen LogP contribution in [-0.2, 0) is 9.53 Å². The molecule has 0 spiro atoms. The summed E-state index contributed by atoms with van der Waals surface area (Å²) in [7, 11) is 0. The highest BCUT2D eigenvalue weighted by Gasteiger charge is 2.61. The topological polar surface area (TPSA) is 72.5 Å². The van der Waals surface area contributed by atoms with E-state index in [0.29, 0.717) is 35.1 Å². The predicted octanol–water partition coefficient (Wildman–Crippen LogP) is 4.46. The molecule has 4 aliphatic rings. The zero-order valence-electron chi connectivity index (χ0n) is 17.5. The highest BCUT2D eigenvalue weighted by atomic mass is 16.5. The van der Waals surface area contributed by atoms with Crippen LogP contribution in [0, 0.1) is 40.9 Å². The van der Waals surface area contributed by atoms with E-state index in [0.717, 1.165) is 24.9 Å². The van der Waals surface area contributed by atoms with Gasteiger partial charge in [0.25, 0.3) is 0 Å². The molecule has 1 heterocycles. The largest absolute Gasteiger partial charge is 0.481 e. The molecule has 0 aromatic rings. The Bertz CT molecular complexity index is 580. The quantitative estimate of drug-likeness (QED) is 0.758. The minimum atomic E-state index is -0.673. The van der Waals surface area contributed by atoms with Gasteiger partial charge in [0.1, 0.15) is 0 Å². The molecule has 1 aliphatic heterocycles. The molecule has 1 saturated heterocycles. The summed E-state index contributed by atoms with van der Waals surface area (Å²) in [5, 5.41) is 9.07. The second-order valence-corrected chi connectivity index (χ2v) is 10.8. The van der Waals surface area contributed by atoms with Gasteiger partial charge in [0.05, 0.1) is 12.2 Å². The van der Waals surface area contributed by atoms with Gasteiger partial charge in [-0.05, 0) is 99.2 Å². The molecule has 9 atom stereocenters. The summed E-state index contributed by atoms with van der Waals surface area (Å²) in [4.78, 5) is 11.0. The highest BCUT2D eigenvalue weighted by molar-refractivity contribution is 5.66. The summed E-state index contributed by atoms with van der Waals surface area (Å²) in [6.07, 6.45) is 9.86. The molecule has 0 aromatic carbocycles. The van der Waals surface area contributed by atoms with Crippen molar-refractivity contribution in [2.75, 3.05) is 6.61 Å². The molecule has 154 valence electrons. The second-order valence-electron chi connectivity index (χ2n) is 10.8. The van der Waals surface area contributed by atoms with Gasteiger partial charge >= 0.3 is 5.97 Å². The number of ether oxygens (including phenoxy) is 1. The monoisotopic (exact) mass is 377 g/mol. The van der Waals surface area contributed by atoms with E-state index in [4.69, 9.17) is 15.6 Å². The van der Waals surface area contributed by atoms with Crippen LogP contribution in [0.1, 0.15) is 78.6 Å². The molecule has 3 aliphatic carbocycles. The summed E-state index contributed by atoms with van der Waals surface area (Å²) in [5.41, 5.74) is 6.66. The summed E-state index contributed by atoms with van der Waals surface area (Å²) < 4.78 is 6.76. The first kappa shape index (κ1) is 19.7. The Balaban J connectivity index is 1.51. The third-order valence-electron chi connectivity index (χ3n) is 9.64. The molecular weight excluding hydrogens is 338 g/mol. The van der Waals surface area contributed by atoms with Crippen molar-refractivity contribution >= 4 is 5.97 Å². The van der Waals surface area contributed by atoms with Gasteiger partial charge in [-0.15, -0.1) is 0 Å². The maximum absolute atomic E-state index is 11.0. The number of carboxylic acid groups (broad SMARTS) is 1. The van der Waals surface area contributed by atoms with Crippen LogP contribution in [0.4, 0.5) is 0 Å².